The van der Waals surface area contributed by atoms with E-state index in [1.165, 1.54) is 0 Å². The summed E-state index contributed by atoms with van der Waals surface area (Å²) in [6.07, 6.45) is 3.40. The molecule has 1 saturated heterocycles. The molecule has 3 rings (SSSR count). The zero-order valence-electron chi connectivity index (χ0n) is 18.9. The SMILES string of the molecule is CC(C)Nc1nc(C#N)cc2cnc(NCC3CCCN(C(=O)OC(C)(C)C)C3)nc12. The highest BCUT2D eigenvalue weighted by atomic mass is 16.6. The van der Waals surface area contributed by atoms with Crippen molar-refractivity contribution >= 4 is 28.8 Å². The Morgan fingerprint density at radius 1 is 1.39 bits per heavy atom. The lowest BCUT2D eigenvalue weighted by Crippen LogP contribution is -2.44. The summed E-state index contributed by atoms with van der Waals surface area (Å²) in [5.74, 6) is 1.36. The van der Waals surface area contributed by atoms with Gasteiger partial charge in [-0.15, -0.1) is 0 Å². The van der Waals surface area contributed by atoms with Gasteiger partial charge in [0.1, 0.15) is 22.9 Å². The first-order chi connectivity index (χ1) is 14.6. The Morgan fingerprint density at radius 2 is 2.16 bits per heavy atom. The van der Waals surface area contributed by atoms with Crippen LogP contribution in [0.25, 0.3) is 10.9 Å². The topological polar surface area (TPSA) is 116 Å². The molecule has 2 aromatic heterocycles. The predicted octanol–water partition coefficient (Wildman–Crippen LogP) is 3.78. The zero-order valence-corrected chi connectivity index (χ0v) is 18.9. The molecule has 1 fully saturated rings. The number of fused-ring (bicyclic) bond motifs is 1. The maximum atomic E-state index is 12.4. The fraction of sp³-hybridized carbons (Fsp3) is 0.591. The van der Waals surface area contributed by atoms with E-state index in [0.29, 0.717) is 36.1 Å². The summed E-state index contributed by atoms with van der Waals surface area (Å²) in [4.78, 5) is 27.5. The molecule has 1 atom stereocenters. The number of nitrogens with zero attached hydrogens (tertiary/aromatic N) is 5. The first kappa shape index (κ1) is 22.5. The van der Waals surface area contributed by atoms with Crippen LogP contribution in [0.5, 0.6) is 0 Å². The van der Waals surface area contributed by atoms with E-state index in [1.807, 2.05) is 34.6 Å². The molecule has 9 heteroatoms. The summed E-state index contributed by atoms with van der Waals surface area (Å²) in [6.45, 7) is 11.7. The molecule has 0 bridgehead atoms. The molecule has 0 spiro atoms. The Kier molecular flexibility index (Phi) is 6.78. The average Bonchev–Trinajstić information content (AvgIpc) is 2.70. The first-order valence-corrected chi connectivity index (χ1v) is 10.7. The number of carbonyl (C=O) groups is 1. The average molecular weight is 426 g/mol. The molecule has 1 unspecified atom stereocenters. The smallest absolute Gasteiger partial charge is 0.410 e. The third-order valence-corrected chi connectivity index (χ3v) is 4.83. The number of aromatic nitrogens is 3. The quantitative estimate of drug-likeness (QED) is 0.743. The van der Waals surface area contributed by atoms with Gasteiger partial charge in [-0.2, -0.15) is 5.26 Å². The first-order valence-electron chi connectivity index (χ1n) is 10.7. The van der Waals surface area contributed by atoms with Crippen LogP contribution < -0.4 is 10.6 Å². The van der Waals surface area contributed by atoms with Crippen molar-refractivity contribution in [2.45, 2.75) is 59.1 Å². The van der Waals surface area contributed by atoms with Crippen molar-refractivity contribution in [3.63, 3.8) is 0 Å². The summed E-state index contributed by atoms with van der Waals surface area (Å²) in [7, 11) is 0. The van der Waals surface area contributed by atoms with E-state index < -0.39 is 5.60 Å². The molecule has 1 aliphatic heterocycles. The van der Waals surface area contributed by atoms with Crippen LogP contribution in [0.1, 0.15) is 53.2 Å². The van der Waals surface area contributed by atoms with Crippen LogP contribution in [0.15, 0.2) is 12.3 Å². The van der Waals surface area contributed by atoms with Gasteiger partial charge >= 0.3 is 6.09 Å². The zero-order chi connectivity index (χ0) is 22.6. The highest BCUT2D eigenvalue weighted by molar-refractivity contribution is 5.89. The standard InChI is InChI=1S/C22H31N7O2/c1-14(2)26-19-18-16(9-17(10-23)27-19)12-25-20(28-18)24-11-15-7-6-8-29(13-15)21(30)31-22(3,4)5/h9,12,14-15H,6-8,11,13H2,1-5H3,(H,26,27)(H,24,25,28). The number of likely N-dealkylation sites (tertiary alicyclic amines) is 1. The van der Waals surface area contributed by atoms with Crippen LogP contribution in [-0.2, 0) is 4.74 Å². The molecule has 0 saturated carbocycles. The lowest BCUT2D eigenvalue weighted by Gasteiger charge is -2.34. The maximum absolute atomic E-state index is 12.4. The van der Waals surface area contributed by atoms with Gasteiger partial charge < -0.3 is 20.3 Å². The number of nitrogens with one attached hydrogen (secondary N) is 2. The largest absolute Gasteiger partial charge is 0.444 e. The number of carbonyl (C=O) groups excluding carboxylic acids is 1. The van der Waals surface area contributed by atoms with E-state index in [0.717, 1.165) is 24.8 Å². The summed E-state index contributed by atoms with van der Waals surface area (Å²) in [5, 5.41) is 16.5. The van der Waals surface area contributed by atoms with Crippen LogP contribution in [0, 0.1) is 17.2 Å². The molecule has 9 nitrogen and oxygen atoms in total. The van der Waals surface area contributed by atoms with Crippen LogP contribution in [0.3, 0.4) is 0 Å². The van der Waals surface area contributed by atoms with E-state index in [4.69, 9.17) is 4.74 Å². The van der Waals surface area contributed by atoms with E-state index in [9.17, 15) is 10.1 Å². The molecular weight excluding hydrogens is 394 g/mol. The summed E-state index contributed by atoms with van der Waals surface area (Å²) in [5.41, 5.74) is 0.496. The van der Waals surface area contributed by atoms with Crippen molar-refractivity contribution in [3.8, 4) is 6.07 Å². The van der Waals surface area contributed by atoms with Gasteiger partial charge in [-0.3, -0.25) is 0 Å². The molecule has 31 heavy (non-hydrogen) atoms. The second kappa shape index (κ2) is 9.33. The lowest BCUT2D eigenvalue weighted by atomic mass is 9.98. The second-order valence-corrected chi connectivity index (χ2v) is 9.21. The van der Waals surface area contributed by atoms with Crippen LogP contribution in [-0.4, -0.2) is 57.2 Å². The Hall–Kier alpha value is -3.15. The van der Waals surface area contributed by atoms with Gasteiger partial charge in [-0.1, -0.05) is 0 Å². The van der Waals surface area contributed by atoms with Gasteiger partial charge in [0.2, 0.25) is 5.95 Å². The van der Waals surface area contributed by atoms with E-state index >= 15 is 0 Å². The number of anilines is 2. The number of amides is 1. The fourth-order valence-corrected chi connectivity index (χ4v) is 3.52. The Labute approximate surface area is 183 Å². The van der Waals surface area contributed by atoms with E-state index in [1.54, 1.807) is 17.2 Å². The minimum absolute atomic E-state index is 0.150. The van der Waals surface area contributed by atoms with Gasteiger partial charge in [0.25, 0.3) is 0 Å². The van der Waals surface area contributed by atoms with Gasteiger partial charge in [-0.05, 0) is 59.4 Å². The molecule has 2 aromatic rings. The van der Waals surface area contributed by atoms with Crippen molar-refractivity contribution in [1.29, 1.82) is 5.26 Å². The minimum Gasteiger partial charge on any atom is -0.444 e. The summed E-state index contributed by atoms with van der Waals surface area (Å²) >= 11 is 0. The van der Waals surface area contributed by atoms with Crippen molar-refractivity contribution < 1.29 is 9.53 Å². The highest BCUT2D eigenvalue weighted by Crippen LogP contribution is 2.23. The molecular formula is C22H31N7O2. The Balaban J connectivity index is 1.69. The van der Waals surface area contributed by atoms with Gasteiger partial charge in [0, 0.05) is 37.3 Å². The van der Waals surface area contributed by atoms with E-state index in [-0.39, 0.29) is 18.1 Å². The molecule has 1 aliphatic rings. The summed E-state index contributed by atoms with van der Waals surface area (Å²) in [6, 6.07) is 3.91. The van der Waals surface area contributed by atoms with Crippen LogP contribution in [0.4, 0.5) is 16.6 Å². The molecule has 2 N–H and O–H groups in total. The van der Waals surface area contributed by atoms with Crippen LogP contribution >= 0.6 is 0 Å². The molecule has 3 heterocycles. The molecule has 0 aromatic carbocycles. The number of ether oxygens (including phenoxy) is 1. The monoisotopic (exact) mass is 425 g/mol. The van der Waals surface area contributed by atoms with Crippen molar-refractivity contribution in [2.75, 3.05) is 30.3 Å². The number of piperidine rings is 1. The molecule has 0 aliphatic carbocycles. The number of pyridine rings is 1. The highest BCUT2D eigenvalue weighted by Gasteiger charge is 2.27. The van der Waals surface area contributed by atoms with Crippen LogP contribution in [0.2, 0.25) is 0 Å². The van der Waals surface area contributed by atoms with Gasteiger partial charge in [-0.25, -0.2) is 19.7 Å². The Bertz CT molecular complexity index is 978. The van der Waals surface area contributed by atoms with E-state index in [2.05, 4.69) is 31.7 Å². The summed E-state index contributed by atoms with van der Waals surface area (Å²) < 4.78 is 5.51. The third-order valence-electron chi connectivity index (χ3n) is 4.83. The molecule has 166 valence electrons. The predicted molar refractivity (Wildman–Crippen MR) is 120 cm³/mol. The normalized spacial score (nSPS) is 16.8. The molecule has 1 amide bonds. The molecule has 0 radical (unpaired) electrons. The van der Waals surface area contributed by atoms with Crippen molar-refractivity contribution in [2.24, 2.45) is 5.92 Å². The Morgan fingerprint density at radius 3 is 2.84 bits per heavy atom. The second-order valence-electron chi connectivity index (χ2n) is 9.21. The number of nitriles is 1. The maximum Gasteiger partial charge on any atom is 0.410 e. The third kappa shape index (κ3) is 6.17. The van der Waals surface area contributed by atoms with Gasteiger partial charge in [0.05, 0.1) is 0 Å². The lowest BCUT2D eigenvalue weighted by molar-refractivity contribution is 0.0172. The van der Waals surface area contributed by atoms with Crippen molar-refractivity contribution in [1.82, 2.24) is 19.9 Å². The number of hydrogen-bond donors (Lipinski definition) is 2. The minimum atomic E-state index is -0.498. The number of hydrogen-bond acceptors (Lipinski definition) is 8. The van der Waals surface area contributed by atoms with Crippen molar-refractivity contribution in [3.05, 3.63) is 18.0 Å². The fourth-order valence-electron chi connectivity index (χ4n) is 3.52. The number of rotatable bonds is 5. The van der Waals surface area contributed by atoms with Gasteiger partial charge in [0.15, 0.2) is 5.82 Å².